The molecule has 0 saturated heterocycles. The molecule has 0 aliphatic carbocycles. The first kappa shape index (κ1) is 15.5. The molecular weight excluding hydrogens is 300 g/mol. The van der Waals surface area contributed by atoms with Crippen molar-refractivity contribution in [1.82, 2.24) is 0 Å². The van der Waals surface area contributed by atoms with Gasteiger partial charge in [0.15, 0.2) is 0 Å². The molecule has 4 rings (SSSR count). The molecule has 3 heterocycles. The second kappa shape index (κ2) is 5.26. The zero-order valence-electron chi connectivity index (χ0n) is 15.1. The van der Waals surface area contributed by atoms with Crippen LogP contribution in [0, 0.1) is 0 Å². The molecule has 0 saturated carbocycles. The van der Waals surface area contributed by atoms with Crippen molar-refractivity contribution in [2.45, 2.75) is 77.8 Å². The van der Waals surface area contributed by atoms with E-state index in [-0.39, 0.29) is 36.3 Å². The molecule has 3 aliphatic heterocycles. The zero-order valence-corrected chi connectivity index (χ0v) is 15.1. The van der Waals surface area contributed by atoms with E-state index in [9.17, 15) is 0 Å². The van der Waals surface area contributed by atoms with Crippen molar-refractivity contribution in [2.75, 3.05) is 0 Å². The Morgan fingerprint density at radius 3 is 0.583 bits per heavy atom. The predicted octanol–water partition coefficient (Wildman–Crippen LogP) is -1.22. The van der Waals surface area contributed by atoms with Crippen LogP contribution in [0.1, 0.15) is 41.5 Å². The highest BCUT2D eigenvalue weighted by Crippen LogP contribution is 2.04. The first-order valence-electron chi connectivity index (χ1n) is 8.85. The van der Waals surface area contributed by atoms with Gasteiger partial charge in [-0.05, 0) is 41.5 Å². The first-order valence-corrected chi connectivity index (χ1v) is 8.85. The number of fused-ring (bicyclic) bond motifs is 6. The molecule has 0 N–H and O–H groups in total. The van der Waals surface area contributed by atoms with Crippen LogP contribution in [0.3, 0.4) is 0 Å². The van der Waals surface area contributed by atoms with Gasteiger partial charge in [0.1, 0.15) is 32.1 Å². The first-order chi connectivity index (χ1) is 11.4. The molecule has 6 heteroatoms. The fourth-order valence-corrected chi connectivity index (χ4v) is 3.28. The van der Waals surface area contributed by atoms with Crippen LogP contribution in [-0.2, 0) is 0 Å². The second-order valence-corrected chi connectivity index (χ2v) is 7.31. The quantitative estimate of drug-likeness (QED) is 0.574. The summed E-state index contributed by atoms with van der Waals surface area (Å²) in [6, 6.07) is 0.841. The maximum atomic E-state index is 4.90. The van der Waals surface area contributed by atoms with E-state index in [1.54, 1.807) is 0 Å². The third-order valence-electron chi connectivity index (χ3n) is 5.44. The summed E-state index contributed by atoms with van der Waals surface area (Å²) in [6.07, 6.45) is 0. The Hall–Kier alpha value is -1.98. The average molecular weight is 324 g/mol. The van der Waals surface area contributed by atoms with Gasteiger partial charge in [-0.25, -0.2) is 0 Å². The van der Waals surface area contributed by atoms with E-state index in [2.05, 4.69) is 41.5 Å². The molecule has 3 aliphatic rings. The van der Waals surface area contributed by atoms with Crippen LogP contribution in [-0.4, -0.2) is 36.3 Å². The highest BCUT2D eigenvalue weighted by Gasteiger charge is 2.23. The largest absolute Gasteiger partial charge is 0.275 e. The summed E-state index contributed by atoms with van der Waals surface area (Å²) in [5.41, 5.74) is 0. The van der Waals surface area contributed by atoms with Gasteiger partial charge in [-0.1, -0.05) is 0 Å². The highest BCUT2D eigenvalue weighted by molar-refractivity contribution is 5.09. The molecule has 1 aromatic rings. The summed E-state index contributed by atoms with van der Waals surface area (Å²) in [4.78, 5) is 29.4. The molecule has 6 unspecified atom stereocenters. The summed E-state index contributed by atoms with van der Waals surface area (Å²) in [7, 11) is 0. The molecule has 0 amide bonds. The lowest BCUT2D eigenvalue weighted by Gasteiger charge is -2.21. The normalized spacial score (nSPS) is 36.2. The van der Waals surface area contributed by atoms with E-state index in [1.165, 1.54) is 0 Å². The summed E-state index contributed by atoms with van der Waals surface area (Å²) < 4.78 is 0. The van der Waals surface area contributed by atoms with Crippen molar-refractivity contribution in [3.63, 3.8) is 0 Å². The third kappa shape index (κ3) is 2.15. The monoisotopic (exact) mass is 324 g/mol. The number of rotatable bonds is 0. The van der Waals surface area contributed by atoms with E-state index in [0.717, 1.165) is 32.1 Å². The van der Waals surface area contributed by atoms with E-state index in [1.807, 2.05) is 0 Å². The van der Waals surface area contributed by atoms with E-state index in [0.29, 0.717) is 0 Å². The van der Waals surface area contributed by atoms with E-state index in [4.69, 9.17) is 30.0 Å². The molecule has 0 aromatic heterocycles. The van der Waals surface area contributed by atoms with Gasteiger partial charge in [-0.2, -0.15) is 0 Å². The lowest BCUT2D eigenvalue weighted by atomic mass is 10.1. The maximum Gasteiger partial charge on any atom is 0.113 e. The van der Waals surface area contributed by atoms with Gasteiger partial charge in [-0.3, -0.25) is 30.0 Å². The Balaban J connectivity index is 2.32. The van der Waals surface area contributed by atoms with Crippen molar-refractivity contribution in [3.05, 3.63) is 32.1 Å². The second-order valence-electron chi connectivity index (χ2n) is 7.31. The predicted molar refractivity (Wildman–Crippen MR) is 90.2 cm³/mol. The number of hydrogen-bond acceptors (Lipinski definition) is 6. The summed E-state index contributed by atoms with van der Waals surface area (Å²) in [6.45, 7) is 12.6. The van der Waals surface area contributed by atoms with Gasteiger partial charge >= 0.3 is 0 Å². The van der Waals surface area contributed by atoms with Crippen LogP contribution >= 0.6 is 0 Å². The SMILES string of the molecule is CC1N=c2c3c(c4c(c2=NC1C)=NC(C)C(C)N=4)=NC(C)C(C)N=3. The minimum atomic E-state index is 0.140. The van der Waals surface area contributed by atoms with Crippen LogP contribution in [0.25, 0.3) is 0 Å². The topological polar surface area (TPSA) is 74.2 Å². The molecule has 1 aromatic carbocycles. The van der Waals surface area contributed by atoms with Crippen molar-refractivity contribution in [1.29, 1.82) is 0 Å². The smallest absolute Gasteiger partial charge is 0.113 e. The summed E-state index contributed by atoms with van der Waals surface area (Å²) in [5, 5.41) is 5.15. The average Bonchev–Trinajstić information content (AvgIpc) is 2.53. The molecule has 0 fully saturated rings. The minimum absolute atomic E-state index is 0.140. The molecule has 6 atom stereocenters. The standard InChI is InChI=1S/C18H24N6/c1-7-8(2)20-14-13(19-7)15-17(23-10(4)9(3)21-15)18-16(14)22-11(5)12(6)24-18/h7-12H,1-6H3. The van der Waals surface area contributed by atoms with Crippen molar-refractivity contribution < 1.29 is 0 Å². The van der Waals surface area contributed by atoms with E-state index < -0.39 is 0 Å². The van der Waals surface area contributed by atoms with E-state index >= 15 is 0 Å². The Morgan fingerprint density at radius 2 is 0.458 bits per heavy atom. The molecule has 126 valence electrons. The molecule has 0 spiro atoms. The van der Waals surface area contributed by atoms with Crippen molar-refractivity contribution in [3.8, 4) is 0 Å². The molecule has 0 radical (unpaired) electrons. The molecule has 6 nitrogen and oxygen atoms in total. The Morgan fingerprint density at radius 1 is 0.333 bits per heavy atom. The lowest BCUT2D eigenvalue weighted by Crippen LogP contribution is -2.70. The van der Waals surface area contributed by atoms with Gasteiger partial charge in [0.2, 0.25) is 0 Å². The van der Waals surface area contributed by atoms with Crippen LogP contribution in [0.15, 0.2) is 30.0 Å². The fourth-order valence-electron chi connectivity index (χ4n) is 3.28. The maximum absolute atomic E-state index is 4.90. The molecular formula is C18H24N6. The van der Waals surface area contributed by atoms with Gasteiger partial charge < -0.3 is 0 Å². The summed E-state index contributed by atoms with van der Waals surface area (Å²) >= 11 is 0. The van der Waals surface area contributed by atoms with Gasteiger partial charge in [0, 0.05) is 0 Å². The third-order valence-corrected chi connectivity index (χ3v) is 5.44. The Kier molecular flexibility index (Phi) is 3.41. The van der Waals surface area contributed by atoms with Gasteiger partial charge in [-0.15, -0.1) is 0 Å². The van der Waals surface area contributed by atoms with Crippen LogP contribution < -0.4 is 32.1 Å². The fraction of sp³-hybridized carbons (Fsp3) is 0.667. The number of nitrogens with zero attached hydrogens (tertiary/aromatic N) is 6. The minimum Gasteiger partial charge on any atom is -0.275 e. The number of hydrogen-bond donors (Lipinski definition) is 0. The van der Waals surface area contributed by atoms with Crippen LogP contribution in [0.4, 0.5) is 0 Å². The van der Waals surface area contributed by atoms with Crippen LogP contribution in [0.2, 0.25) is 0 Å². The zero-order chi connectivity index (χ0) is 17.2. The highest BCUT2D eigenvalue weighted by atomic mass is 15.0. The summed E-state index contributed by atoms with van der Waals surface area (Å²) in [5.74, 6) is 0. The van der Waals surface area contributed by atoms with Gasteiger partial charge in [0.25, 0.3) is 0 Å². The molecule has 24 heavy (non-hydrogen) atoms. The molecule has 0 bridgehead atoms. The van der Waals surface area contributed by atoms with Gasteiger partial charge in [0.05, 0.1) is 36.3 Å². The van der Waals surface area contributed by atoms with Crippen molar-refractivity contribution in [2.24, 2.45) is 30.0 Å². The Labute approximate surface area is 140 Å². The lowest BCUT2D eigenvalue weighted by molar-refractivity contribution is 0.517. The number of benzene rings is 1. The Bertz CT molecular complexity index is 808. The van der Waals surface area contributed by atoms with Crippen molar-refractivity contribution >= 4 is 0 Å². The van der Waals surface area contributed by atoms with Crippen LogP contribution in [0.5, 0.6) is 0 Å².